The fourth-order valence-corrected chi connectivity index (χ4v) is 3.84. The van der Waals surface area contributed by atoms with E-state index in [1.165, 1.54) is 14.2 Å². The third kappa shape index (κ3) is 3.66. The number of phenolic OH excluding ortho intramolecular Hbond substituents is 1. The van der Waals surface area contributed by atoms with Crippen molar-refractivity contribution in [1.29, 1.82) is 0 Å². The Morgan fingerprint density at radius 2 is 1.74 bits per heavy atom. The second-order valence-electron chi connectivity index (χ2n) is 6.75. The summed E-state index contributed by atoms with van der Waals surface area (Å²) in [6.07, 6.45) is 0.568. The number of hydrogen-bond donors (Lipinski definition) is 2. The van der Waals surface area contributed by atoms with Gasteiger partial charge in [-0.2, -0.15) is 0 Å². The van der Waals surface area contributed by atoms with Crippen LogP contribution in [0.2, 0.25) is 0 Å². The number of carbonyl (C=O) groups is 2. The Balaban J connectivity index is 2.03. The second-order valence-corrected chi connectivity index (χ2v) is 6.75. The van der Waals surface area contributed by atoms with Gasteiger partial charge in [-0.15, -0.1) is 0 Å². The molecule has 3 rings (SSSR count). The predicted octanol–water partition coefficient (Wildman–Crippen LogP) is 2.37. The number of nitrogens with one attached hydrogen (secondary N) is 1. The van der Waals surface area contributed by atoms with Gasteiger partial charge in [0.05, 0.1) is 26.2 Å². The van der Waals surface area contributed by atoms with Gasteiger partial charge in [0.1, 0.15) is 11.3 Å². The van der Waals surface area contributed by atoms with Crippen LogP contribution in [-0.4, -0.2) is 36.8 Å². The Kier molecular flexibility index (Phi) is 5.46. The summed E-state index contributed by atoms with van der Waals surface area (Å²) in [5.74, 6) is -1.46. The van der Waals surface area contributed by atoms with E-state index in [4.69, 9.17) is 9.47 Å². The van der Waals surface area contributed by atoms with Gasteiger partial charge < -0.3 is 14.6 Å². The highest BCUT2D eigenvalue weighted by molar-refractivity contribution is 5.85. The molecule has 2 aromatic carbocycles. The van der Waals surface area contributed by atoms with Crippen molar-refractivity contribution in [2.45, 2.75) is 24.4 Å². The minimum atomic E-state index is -1.10. The maximum absolute atomic E-state index is 12.8. The number of rotatable bonds is 5. The van der Waals surface area contributed by atoms with E-state index in [0.717, 1.165) is 5.56 Å². The lowest BCUT2D eigenvalue weighted by Crippen LogP contribution is -2.50. The summed E-state index contributed by atoms with van der Waals surface area (Å²) < 4.78 is 10.0. The molecule has 1 heterocycles. The topological polar surface area (TPSA) is 84.9 Å². The zero-order chi connectivity index (χ0) is 19.4. The fraction of sp³-hybridized carbons (Fsp3) is 0.333. The van der Waals surface area contributed by atoms with Crippen LogP contribution in [0.5, 0.6) is 5.75 Å². The van der Waals surface area contributed by atoms with Crippen LogP contribution in [0.25, 0.3) is 0 Å². The molecule has 27 heavy (non-hydrogen) atoms. The van der Waals surface area contributed by atoms with E-state index >= 15 is 0 Å². The molecule has 6 heteroatoms. The van der Waals surface area contributed by atoms with Crippen LogP contribution in [0.1, 0.15) is 23.6 Å². The molecule has 1 saturated heterocycles. The average Bonchev–Trinajstić information content (AvgIpc) is 3.08. The van der Waals surface area contributed by atoms with Crippen LogP contribution in [0, 0.1) is 5.92 Å². The van der Waals surface area contributed by atoms with Gasteiger partial charge in [-0.1, -0.05) is 48.5 Å². The van der Waals surface area contributed by atoms with E-state index in [1.807, 2.05) is 30.3 Å². The minimum Gasteiger partial charge on any atom is -0.508 e. The van der Waals surface area contributed by atoms with Gasteiger partial charge >= 0.3 is 11.9 Å². The largest absolute Gasteiger partial charge is 0.508 e. The van der Waals surface area contributed by atoms with Crippen molar-refractivity contribution in [1.82, 2.24) is 5.32 Å². The lowest BCUT2D eigenvalue weighted by molar-refractivity contribution is -0.148. The number of esters is 2. The first-order chi connectivity index (χ1) is 13.0. The average molecular weight is 369 g/mol. The number of benzene rings is 2. The lowest BCUT2D eigenvalue weighted by atomic mass is 9.85. The van der Waals surface area contributed by atoms with E-state index < -0.39 is 29.4 Å². The van der Waals surface area contributed by atoms with E-state index in [0.29, 0.717) is 12.0 Å². The molecule has 0 radical (unpaired) electrons. The van der Waals surface area contributed by atoms with Crippen LogP contribution in [-0.2, 0) is 25.5 Å². The van der Waals surface area contributed by atoms with E-state index in [-0.39, 0.29) is 12.2 Å². The molecular weight excluding hydrogens is 346 g/mol. The van der Waals surface area contributed by atoms with E-state index in [1.54, 1.807) is 24.3 Å². The number of aromatic hydroxyl groups is 1. The molecule has 3 atom stereocenters. The number of carbonyl (C=O) groups excluding carboxylic acids is 2. The first-order valence-electron chi connectivity index (χ1n) is 8.76. The van der Waals surface area contributed by atoms with E-state index in [9.17, 15) is 14.7 Å². The van der Waals surface area contributed by atoms with Gasteiger partial charge in [-0.25, -0.2) is 0 Å². The second kappa shape index (κ2) is 7.80. The summed E-state index contributed by atoms with van der Waals surface area (Å²) in [7, 11) is 2.65. The number of ether oxygens (including phenoxy) is 2. The summed E-state index contributed by atoms with van der Waals surface area (Å²) in [6.45, 7) is 0. The Morgan fingerprint density at radius 3 is 2.37 bits per heavy atom. The first kappa shape index (κ1) is 18.9. The smallest absolute Gasteiger partial charge is 0.326 e. The Bertz CT molecular complexity index is 822. The fourth-order valence-electron chi connectivity index (χ4n) is 3.84. The molecule has 0 saturated carbocycles. The SMILES string of the molecule is COC(=O)[C@@H]1C[C@](Cc2ccccc2)(C(=O)OC)N[C@@H]1c1ccccc1O. The quantitative estimate of drug-likeness (QED) is 0.787. The zero-order valence-corrected chi connectivity index (χ0v) is 15.3. The molecule has 0 unspecified atom stereocenters. The van der Waals surface area contributed by atoms with Gasteiger partial charge in [-0.05, 0) is 18.1 Å². The predicted molar refractivity (Wildman–Crippen MR) is 99.0 cm³/mol. The first-order valence-corrected chi connectivity index (χ1v) is 8.76. The maximum Gasteiger partial charge on any atom is 0.326 e. The standard InChI is InChI=1S/C21H23NO5/c1-26-19(24)16-13-21(20(25)27-2,12-14-8-4-3-5-9-14)22-18(16)15-10-6-7-11-17(15)23/h3-11,16,18,22-23H,12-13H2,1-2H3/t16-,18-,21-/m1/s1. The Morgan fingerprint density at radius 1 is 1.07 bits per heavy atom. The van der Waals surface area contributed by atoms with Crippen molar-refractivity contribution in [2.75, 3.05) is 14.2 Å². The molecule has 0 aliphatic carbocycles. The summed E-state index contributed by atoms with van der Waals surface area (Å²) in [5.41, 5.74) is 0.394. The number of para-hydroxylation sites is 1. The molecule has 6 nitrogen and oxygen atoms in total. The molecule has 0 aromatic heterocycles. The summed E-state index contributed by atoms with van der Waals surface area (Å²) in [5, 5.41) is 13.6. The van der Waals surface area contributed by atoms with Gasteiger partial charge in [0, 0.05) is 12.0 Å². The van der Waals surface area contributed by atoms with Crippen molar-refractivity contribution in [2.24, 2.45) is 5.92 Å². The lowest BCUT2D eigenvalue weighted by Gasteiger charge is -2.28. The summed E-state index contributed by atoms with van der Waals surface area (Å²) >= 11 is 0. The normalized spacial score (nSPS) is 24.4. The van der Waals surface area contributed by atoms with Crippen molar-refractivity contribution in [3.63, 3.8) is 0 Å². The minimum absolute atomic E-state index is 0.0595. The van der Waals surface area contributed by atoms with Gasteiger partial charge in [0.25, 0.3) is 0 Å². The van der Waals surface area contributed by atoms with Crippen LogP contribution in [0.4, 0.5) is 0 Å². The molecule has 1 aliphatic heterocycles. The monoisotopic (exact) mass is 369 g/mol. The van der Waals surface area contributed by atoms with Crippen molar-refractivity contribution >= 4 is 11.9 Å². The van der Waals surface area contributed by atoms with Crippen molar-refractivity contribution < 1.29 is 24.2 Å². The molecule has 1 fully saturated rings. The molecule has 2 N–H and O–H groups in total. The van der Waals surface area contributed by atoms with Crippen LogP contribution < -0.4 is 5.32 Å². The molecular formula is C21H23NO5. The molecule has 0 bridgehead atoms. The van der Waals surface area contributed by atoms with Crippen LogP contribution in [0.3, 0.4) is 0 Å². The Hall–Kier alpha value is -2.86. The number of hydrogen-bond acceptors (Lipinski definition) is 6. The molecule has 142 valence electrons. The summed E-state index contributed by atoms with van der Waals surface area (Å²) in [6, 6.07) is 15.7. The molecule has 2 aromatic rings. The van der Waals surface area contributed by atoms with Gasteiger partial charge in [0.2, 0.25) is 0 Å². The highest BCUT2D eigenvalue weighted by Gasteiger charge is 2.54. The van der Waals surface area contributed by atoms with E-state index in [2.05, 4.69) is 5.32 Å². The highest BCUT2D eigenvalue weighted by Crippen LogP contribution is 2.43. The summed E-state index contributed by atoms with van der Waals surface area (Å²) in [4.78, 5) is 25.2. The molecule has 0 spiro atoms. The van der Waals surface area contributed by atoms with Crippen LogP contribution >= 0.6 is 0 Å². The van der Waals surface area contributed by atoms with Gasteiger partial charge in [-0.3, -0.25) is 14.9 Å². The van der Waals surface area contributed by atoms with Crippen molar-refractivity contribution in [3.05, 3.63) is 65.7 Å². The highest BCUT2D eigenvalue weighted by atomic mass is 16.5. The molecule has 1 aliphatic rings. The van der Waals surface area contributed by atoms with Crippen LogP contribution in [0.15, 0.2) is 54.6 Å². The Labute approximate surface area is 158 Å². The zero-order valence-electron chi connectivity index (χ0n) is 15.3. The maximum atomic E-state index is 12.8. The third-order valence-electron chi connectivity index (χ3n) is 5.10. The van der Waals surface area contributed by atoms with Gasteiger partial charge in [0.15, 0.2) is 0 Å². The number of phenols is 1. The molecule has 0 amide bonds. The van der Waals surface area contributed by atoms with Crippen molar-refractivity contribution in [3.8, 4) is 5.75 Å². The number of methoxy groups -OCH3 is 2. The third-order valence-corrected chi connectivity index (χ3v) is 5.10.